The number of thioether (sulfide) groups is 1. The third kappa shape index (κ3) is 4.40. The van der Waals surface area contributed by atoms with Gasteiger partial charge in [0, 0.05) is 16.3 Å². The summed E-state index contributed by atoms with van der Waals surface area (Å²) in [5, 5.41) is 12.5. The lowest BCUT2D eigenvalue weighted by atomic mass is 10.2. The third-order valence-electron chi connectivity index (χ3n) is 2.77. The number of carbonyl (C=O) groups excluding carboxylic acids is 1. The molecule has 104 valence electrons. The molecule has 1 amide bonds. The number of anilines is 1. The smallest absolute Gasteiger partial charge is 0.254 e. The average molecular weight is 287 g/mol. The van der Waals surface area contributed by atoms with Crippen LogP contribution in [0, 0.1) is 6.92 Å². The number of rotatable bonds is 5. The minimum atomic E-state index is -1.03. The largest absolute Gasteiger partial charge is 0.382 e. The summed E-state index contributed by atoms with van der Waals surface area (Å²) in [7, 11) is 0. The lowest BCUT2D eigenvalue weighted by molar-refractivity contribution is -0.122. The summed E-state index contributed by atoms with van der Waals surface area (Å²) < 4.78 is 0. The number of aryl methyl sites for hydroxylation is 1. The van der Waals surface area contributed by atoms with Crippen LogP contribution in [0.15, 0.2) is 59.5 Å². The molecule has 0 aliphatic heterocycles. The van der Waals surface area contributed by atoms with E-state index in [1.807, 2.05) is 49.4 Å². The molecule has 1 unspecified atom stereocenters. The number of carbonyl (C=O) groups is 1. The van der Waals surface area contributed by atoms with E-state index in [-0.39, 0.29) is 5.91 Å². The summed E-state index contributed by atoms with van der Waals surface area (Å²) in [4.78, 5) is 12.9. The summed E-state index contributed by atoms with van der Waals surface area (Å²) in [5.41, 5.74) is 1.88. The van der Waals surface area contributed by atoms with Gasteiger partial charge in [-0.2, -0.15) is 0 Å². The van der Waals surface area contributed by atoms with Crippen molar-refractivity contribution in [1.29, 1.82) is 0 Å². The number of aliphatic hydroxyl groups excluding tert-OH is 1. The van der Waals surface area contributed by atoms with Crippen LogP contribution in [0.5, 0.6) is 0 Å². The number of benzene rings is 2. The van der Waals surface area contributed by atoms with Gasteiger partial charge < -0.3 is 10.4 Å². The van der Waals surface area contributed by atoms with Gasteiger partial charge >= 0.3 is 0 Å². The molecule has 2 aromatic rings. The Morgan fingerprint density at radius 3 is 2.45 bits per heavy atom. The molecular weight excluding hydrogens is 270 g/mol. The molecule has 0 fully saturated rings. The Balaban J connectivity index is 1.83. The molecule has 1 atom stereocenters. The van der Waals surface area contributed by atoms with Crippen molar-refractivity contribution >= 4 is 23.4 Å². The first-order valence-corrected chi connectivity index (χ1v) is 7.37. The summed E-state index contributed by atoms with van der Waals surface area (Å²) in [6, 6.07) is 17.1. The highest BCUT2D eigenvalue weighted by Gasteiger charge is 2.15. The van der Waals surface area contributed by atoms with Gasteiger partial charge in [0.25, 0.3) is 5.91 Å². The molecule has 2 N–H and O–H groups in total. The molecule has 0 aromatic heterocycles. The topological polar surface area (TPSA) is 49.3 Å². The van der Waals surface area contributed by atoms with Crippen molar-refractivity contribution in [3.63, 3.8) is 0 Å². The van der Waals surface area contributed by atoms with E-state index in [9.17, 15) is 9.90 Å². The van der Waals surface area contributed by atoms with Crippen molar-refractivity contribution in [2.45, 2.75) is 17.9 Å². The van der Waals surface area contributed by atoms with Gasteiger partial charge in [0.1, 0.15) is 6.10 Å². The zero-order chi connectivity index (χ0) is 14.4. The highest BCUT2D eigenvalue weighted by atomic mass is 32.2. The van der Waals surface area contributed by atoms with Crippen molar-refractivity contribution in [2.75, 3.05) is 11.1 Å². The minimum Gasteiger partial charge on any atom is -0.382 e. The van der Waals surface area contributed by atoms with Crippen molar-refractivity contribution in [2.24, 2.45) is 0 Å². The molecule has 2 aromatic carbocycles. The van der Waals surface area contributed by atoms with Crippen LogP contribution < -0.4 is 5.32 Å². The normalized spacial score (nSPS) is 11.9. The lowest BCUT2D eigenvalue weighted by Gasteiger charge is -2.11. The fraction of sp³-hybridized carbons (Fsp3) is 0.188. The first-order chi connectivity index (χ1) is 9.65. The van der Waals surface area contributed by atoms with Gasteiger partial charge in [-0.25, -0.2) is 0 Å². The molecule has 20 heavy (non-hydrogen) atoms. The molecule has 0 heterocycles. The molecule has 4 heteroatoms. The van der Waals surface area contributed by atoms with Crippen molar-refractivity contribution in [1.82, 2.24) is 0 Å². The van der Waals surface area contributed by atoms with Gasteiger partial charge in [-0.15, -0.1) is 11.8 Å². The van der Waals surface area contributed by atoms with E-state index in [0.717, 1.165) is 4.90 Å². The molecule has 0 saturated heterocycles. The summed E-state index contributed by atoms with van der Waals surface area (Å²) in [6.45, 7) is 2.02. The summed E-state index contributed by atoms with van der Waals surface area (Å²) in [5.74, 6) is -0.0438. The highest BCUT2D eigenvalue weighted by Crippen LogP contribution is 2.19. The fourth-order valence-electron chi connectivity index (χ4n) is 1.63. The van der Waals surface area contributed by atoms with Crippen LogP contribution in [0.3, 0.4) is 0 Å². The Labute approximate surface area is 123 Å². The van der Waals surface area contributed by atoms with E-state index in [1.165, 1.54) is 17.3 Å². The minimum absolute atomic E-state index is 0.335. The van der Waals surface area contributed by atoms with Gasteiger partial charge in [-0.3, -0.25) is 4.79 Å². The molecule has 0 aliphatic carbocycles. The lowest BCUT2D eigenvalue weighted by Crippen LogP contribution is -2.29. The SMILES string of the molecule is Cc1ccc(SCC(O)C(=O)Nc2ccccc2)cc1. The van der Waals surface area contributed by atoms with E-state index < -0.39 is 6.10 Å². The van der Waals surface area contributed by atoms with E-state index >= 15 is 0 Å². The van der Waals surface area contributed by atoms with Crippen LogP contribution in [0.2, 0.25) is 0 Å². The maximum Gasteiger partial charge on any atom is 0.254 e. The Hall–Kier alpha value is -1.78. The average Bonchev–Trinajstić information content (AvgIpc) is 2.47. The van der Waals surface area contributed by atoms with Crippen molar-refractivity contribution < 1.29 is 9.90 Å². The van der Waals surface area contributed by atoms with Gasteiger partial charge in [0.05, 0.1) is 0 Å². The standard InChI is InChI=1S/C16H17NO2S/c1-12-7-9-14(10-8-12)20-11-15(18)16(19)17-13-5-3-2-4-6-13/h2-10,15,18H,11H2,1H3,(H,17,19). The van der Waals surface area contributed by atoms with Crippen LogP contribution in [0.1, 0.15) is 5.56 Å². The Bertz CT molecular complexity index is 554. The van der Waals surface area contributed by atoms with E-state index in [0.29, 0.717) is 11.4 Å². The van der Waals surface area contributed by atoms with Crippen LogP contribution in [0.4, 0.5) is 5.69 Å². The van der Waals surface area contributed by atoms with Crippen LogP contribution >= 0.6 is 11.8 Å². The van der Waals surface area contributed by atoms with Gasteiger partial charge in [-0.05, 0) is 31.2 Å². The Morgan fingerprint density at radius 2 is 1.80 bits per heavy atom. The van der Waals surface area contributed by atoms with Gasteiger partial charge in [0.15, 0.2) is 0 Å². The van der Waals surface area contributed by atoms with Crippen molar-refractivity contribution in [3.8, 4) is 0 Å². The highest BCUT2D eigenvalue weighted by molar-refractivity contribution is 7.99. The number of hydrogen-bond acceptors (Lipinski definition) is 3. The monoisotopic (exact) mass is 287 g/mol. The summed E-state index contributed by atoms with van der Waals surface area (Å²) in [6.07, 6.45) is -1.03. The zero-order valence-corrected chi connectivity index (χ0v) is 12.1. The van der Waals surface area contributed by atoms with Crippen LogP contribution in [0.25, 0.3) is 0 Å². The molecule has 0 spiro atoms. The number of nitrogens with one attached hydrogen (secondary N) is 1. The maximum atomic E-state index is 11.8. The molecule has 0 aliphatic rings. The predicted octanol–water partition coefficient (Wildman–Crippen LogP) is 3.09. The Morgan fingerprint density at radius 1 is 1.15 bits per heavy atom. The van der Waals surface area contributed by atoms with Crippen LogP contribution in [-0.2, 0) is 4.79 Å². The molecule has 0 radical (unpaired) electrons. The first kappa shape index (κ1) is 14.6. The van der Waals surface area contributed by atoms with E-state index in [2.05, 4.69) is 5.32 Å². The molecule has 2 rings (SSSR count). The van der Waals surface area contributed by atoms with Gasteiger partial charge in [0.2, 0.25) is 0 Å². The second-order valence-corrected chi connectivity index (χ2v) is 5.59. The third-order valence-corrected chi connectivity index (χ3v) is 3.86. The Kier molecular flexibility index (Phi) is 5.21. The second kappa shape index (κ2) is 7.12. The molecule has 0 saturated carbocycles. The number of hydrogen-bond donors (Lipinski definition) is 2. The maximum absolute atomic E-state index is 11.8. The number of para-hydroxylation sites is 1. The van der Waals surface area contributed by atoms with E-state index in [4.69, 9.17) is 0 Å². The molecular formula is C16H17NO2S. The number of aliphatic hydroxyl groups is 1. The first-order valence-electron chi connectivity index (χ1n) is 6.38. The van der Waals surface area contributed by atoms with Crippen molar-refractivity contribution in [3.05, 3.63) is 60.2 Å². The molecule has 3 nitrogen and oxygen atoms in total. The molecule has 0 bridgehead atoms. The predicted molar refractivity (Wildman–Crippen MR) is 83.0 cm³/mol. The number of amides is 1. The van der Waals surface area contributed by atoms with E-state index in [1.54, 1.807) is 12.1 Å². The second-order valence-electron chi connectivity index (χ2n) is 4.50. The zero-order valence-electron chi connectivity index (χ0n) is 11.2. The van der Waals surface area contributed by atoms with Gasteiger partial charge in [-0.1, -0.05) is 35.9 Å². The quantitative estimate of drug-likeness (QED) is 0.831. The van der Waals surface area contributed by atoms with Crippen LogP contribution in [-0.4, -0.2) is 22.9 Å². The summed E-state index contributed by atoms with van der Waals surface area (Å²) >= 11 is 1.47. The fourth-order valence-corrected chi connectivity index (χ4v) is 2.46.